The summed E-state index contributed by atoms with van der Waals surface area (Å²) in [6.07, 6.45) is 3.86. The van der Waals surface area contributed by atoms with Gasteiger partial charge in [0.05, 0.1) is 25.9 Å². The van der Waals surface area contributed by atoms with Gasteiger partial charge in [-0.05, 0) is 31.9 Å². The molecule has 0 spiro atoms. The largest absolute Gasteiger partial charge is 0.496 e. The first-order valence-corrected chi connectivity index (χ1v) is 7.41. The van der Waals surface area contributed by atoms with E-state index in [2.05, 4.69) is 4.90 Å². The van der Waals surface area contributed by atoms with E-state index in [1.807, 2.05) is 18.2 Å². The number of anilines is 1. The van der Waals surface area contributed by atoms with Gasteiger partial charge in [-0.25, -0.2) is 0 Å². The maximum atomic E-state index is 10.1. The highest BCUT2D eigenvalue weighted by atomic mass is 16.5. The molecule has 1 aromatic rings. The Morgan fingerprint density at radius 2 is 2.15 bits per heavy atom. The highest BCUT2D eigenvalue weighted by Crippen LogP contribution is 2.36. The van der Waals surface area contributed by atoms with Crippen LogP contribution in [0.5, 0.6) is 5.75 Å². The van der Waals surface area contributed by atoms with E-state index in [4.69, 9.17) is 4.74 Å². The monoisotopic (exact) mass is 279 g/mol. The molecule has 112 valence electrons. The van der Waals surface area contributed by atoms with Crippen LogP contribution in [0.15, 0.2) is 18.2 Å². The van der Waals surface area contributed by atoms with Crippen LogP contribution >= 0.6 is 0 Å². The van der Waals surface area contributed by atoms with Crippen LogP contribution in [0.3, 0.4) is 0 Å². The first-order chi connectivity index (χ1) is 9.69. The average Bonchev–Trinajstić information content (AvgIpc) is 2.71. The lowest BCUT2D eigenvalue weighted by Crippen LogP contribution is -2.38. The number of nitrogens with zero attached hydrogens (tertiary/aromatic N) is 1. The molecule has 2 atom stereocenters. The number of hydrogen-bond donors (Lipinski definition) is 2. The second kappa shape index (κ2) is 6.95. The molecule has 0 radical (unpaired) electrons. The predicted octanol–water partition coefficient (Wildman–Crippen LogP) is 2.49. The van der Waals surface area contributed by atoms with Gasteiger partial charge >= 0.3 is 0 Å². The lowest BCUT2D eigenvalue weighted by atomic mass is 10.0. The van der Waals surface area contributed by atoms with Crippen molar-refractivity contribution in [1.82, 2.24) is 0 Å². The Hall–Kier alpha value is -1.26. The van der Waals surface area contributed by atoms with Gasteiger partial charge in [-0.1, -0.05) is 18.9 Å². The van der Waals surface area contributed by atoms with Crippen LogP contribution in [0, 0.1) is 0 Å². The lowest BCUT2D eigenvalue weighted by molar-refractivity contribution is 0.194. The summed E-state index contributed by atoms with van der Waals surface area (Å²) >= 11 is 0. The minimum atomic E-state index is -0.594. The third-order valence-corrected chi connectivity index (χ3v) is 4.08. The minimum absolute atomic E-state index is 0.127. The smallest absolute Gasteiger partial charge is 0.126 e. The fraction of sp³-hybridized carbons (Fsp3) is 0.625. The molecule has 0 aliphatic carbocycles. The van der Waals surface area contributed by atoms with E-state index in [9.17, 15) is 10.2 Å². The molecule has 1 aromatic carbocycles. The molecular formula is C16H25NO3. The van der Waals surface area contributed by atoms with Gasteiger partial charge in [0.2, 0.25) is 0 Å². The van der Waals surface area contributed by atoms with Crippen molar-refractivity contribution in [3.63, 3.8) is 0 Å². The molecule has 4 heteroatoms. The number of rotatable bonds is 4. The summed E-state index contributed by atoms with van der Waals surface area (Å²) < 4.78 is 5.39. The molecule has 1 heterocycles. The van der Waals surface area contributed by atoms with E-state index < -0.39 is 6.10 Å². The number of aliphatic hydroxyl groups excluding tert-OH is 2. The summed E-state index contributed by atoms with van der Waals surface area (Å²) in [5.74, 6) is 0.707. The van der Waals surface area contributed by atoms with Gasteiger partial charge in [0, 0.05) is 17.8 Å². The Labute approximate surface area is 121 Å². The van der Waals surface area contributed by atoms with E-state index in [-0.39, 0.29) is 12.6 Å². The molecule has 0 aromatic heterocycles. The fourth-order valence-electron chi connectivity index (χ4n) is 3.07. The van der Waals surface area contributed by atoms with Gasteiger partial charge < -0.3 is 19.8 Å². The lowest BCUT2D eigenvalue weighted by Gasteiger charge is -2.33. The summed E-state index contributed by atoms with van der Waals surface area (Å²) in [6.45, 7) is 2.82. The van der Waals surface area contributed by atoms with Crippen molar-refractivity contribution in [3.05, 3.63) is 23.8 Å². The molecule has 1 fully saturated rings. The maximum Gasteiger partial charge on any atom is 0.126 e. The van der Waals surface area contributed by atoms with E-state index in [1.165, 1.54) is 6.42 Å². The second-order valence-corrected chi connectivity index (χ2v) is 5.45. The zero-order chi connectivity index (χ0) is 14.5. The summed E-state index contributed by atoms with van der Waals surface area (Å²) in [4.78, 5) is 2.23. The molecule has 1 unspecified atom stereocenters. The quantitative estimate of drug-likeness (QED) is 0.889. The Morgan fingerprint density at radius 3 is 2.80 bits per heavy atom. The number of benzene rings is 1. The SMILES string of the molecule is COc1cccc(N2CCCCCC2CO)c1[C@H](C)O. The van der Waals surface area contributed by atoms with E-state index in [0.717, 1.165) is 37.1 Å². The maximum absolute atomic E-state index is 10.1. The van der Waals surface area contributed by atoms with Crippen molar-refractivity contribution < 1.29 is 14.9 Å². The third kappa shape index (κ3) is 3.07. The van der Waals surface area contributed by atoms with Crippen LogP contribution in [0.1, 0.15) is 44.3 Å². The molecule has 0 saturated carbocycles. The summed E-state index contributed by atoms with van der Waals surface area (Å²) in [7, 11) is 1.62. The Kier molecular flexibility index (Phi) is 5.26. The first kappa shape index (κ1) is 15.1. The van der Waals surface area contributed by atoms with Crippen LogP contribution in [-0.2, 0) is 0 Å². The molecule has 1 aliphatic rings. The highest BCUT2D eigenvalue weighted by molar-refractivity contribution is 5.61. The van der Waals surface area contributed by atoms with Crippen molar-refractivity contribution in [1.29, 1.82) is 0 Å². The molecule has 20 heavy (non-hydrogen) atoms. The summed E-state index contributed by atoms with van der Waals surface area (Å²) in [5, 5.41) is 19.8. The minimum Gasteiger partial charge on any atom is -0.496 e. The highest BCUT2D eigenvalue weighted by Gasteiger charge is 2.25. The molecule has 0 bridgehead atoms. The molecule has 2 rings (SSSR count). The van der Waals surface area contributed by atoms with Crippen LogP contribution in [0.4, 0.5) is 5.69 Å². The Bertz CT molecular complexity index is 434. The topological polar surface area (TPSA) is 52.9 Å². The van der Waals surface area contributed by atoms with Gasteiger partial charge in [-0.3, -0.25) is 0 Å². The average molecular weight is 279 g/mol. The van der Waals surface area contributed by atoms with E-state index >= 15 is 0 Å². The van der Waals surface area contributed by atoms with Crippen LogP contribution < -0.4 is 9.64 Å². The van der Waals surface area contributed by atoms with Gasteiger partial charge in [0.25, 0.3) is 0 Å². The van der Waals surface area contributed by atoms with E-state index in [0.29, 0.717) is 5.75 Å². The van der Waals surface area contributed by atoms with Gasteiger partial charge in [-0.15, -0.1) is 0 Å². The third-order valence-electron chi connectivity index (χ3n) is 4.08. The van der Waals surface area contributed by atoms with Crippen molar-refractivity contribution in [2.45, 2.75) is 44.8 Å². The van der Waals surface area contributed by atoms with Gasteiger partial charge in [0.15, 0.2) is 0 Å². The van der Waals surface area contributed by atoms with Crippen LogP contribution in [0.2, 0.25) is 0 Å². The molecular weight excluding hydrogens is 254 g/mol. The van der Waals surface area contributed by atoms with E-state index in [1.54, 1.807) is 14.0 Å². The van der Waals surface area contributed by atoms with Crippen molar-refractivity contribution in [2.75, 3.05) is 25.2 Å². The fourth-order valence-corrected chi connectivity index (χ4v) is 3.07. The first-order valence-electron chi connectivity index (χ1n) is 7.41. The van der Waals surface area contributed by atoms with Crippen molar-refractivity contribution in [2.24, 2.45) is 0 Å². The van der Waals surface area contributed by atoms with Crippen LogP contribution in [-0.4, -0.2) is 36.5 Å². The van der Waals surface area contributed by atoms with Gasteiger partial charge in [-0.2, -0.15) is 0 Å². The zero-order valence-electron chi connectivity index (χ0n) is 12.4. The number of aliphatic hydroxyl groups is 2. The predicted molar refractivity (Wildman–Crippen MR) is 80.3 cm³/mol. The van der Waals surface area contributed by atoms with Crippen molar-refractivity contribution in [3.8, 4) is 5.75 Å². The molecule has 0 amide bonds. The summed E-state index contributed by atoms with van der Waals surface area (Å²) in [6, 6.07) is 5.96. The molecule has 2 N–H and O–H groups in total. The van der Waals surface area contributed by atoms with Crippen molar-refractivity contribution >= 4 is 5.69 Å². The number of methoxy groups -OCH3 is 1. The van der Waals surface area contributed by atoms with Gasteiger partial charge in [0.1, 0.15) is 5.75 Å². The molecule has 4 nitrogen and oxygen atoms in total. The Balaban J connectivity index is 2.43. The van der Waals surface area contributed by atoms with Crippen LogP contribution in [0.25, 0.3) is 0 Å². The standard InChI is InChI=1S/C16H25NO3/c1-12(19)16-14(8-6-9-15(16)20-2)17-10-5-3-4-7-13(17)11-18/h6,8-9,12-13,18-19H,3-5,7,10-11H2,1-2H3/t12-,13?/m0/s1. The zero-order valence-corrected chi connectivity index (χ0v) is 12.4. The second-order valence-electron chi connectivity index (χ2n) is 5.45. The Morgan fingerprint density at radius 1 is 1.35 bits per heavy atom. The molecule has 1 aliphatic heterocycles. The normalized spacial score (nSPS) is 21.4. The molecule has 1 saturated heterocycles. The number of hydrogen-bond acceptors (Lipinski definition) is 4. The summed E-state index contributed by atoms with van der Waals surface area (Å²) in [5.41, 5.74) is 1.80. The number of ether oxygens (including phenoxy) is 1.